The second-order valence-electron chi connectivity index (χ2n) is 4.97. The van der Waals surface area contributed by atoms with Crippen LogP contribution < -0.4 is 10.1 Å². The number of halogens is 4. The van der Waals surface area contributed by atoms with Gasteiger partial charge in [0.2, 0.25) is 0 Å². The van der Waals surface area contributed by atoms with Crippen LogP contribution in [0.25, 0.3) is 0 Å². The summed E-state index contributed by atoms with van der Waals surface area (Å²) in [6.45, 7) is 1.63. The summed E-state index contributed by atoms with van der Waals surface area (Å²) in [5.74, 6) is -1.04. The lowest BCUT2D eigenvalue weighted by atomic mass is 10.1. The fourth-order valence-electron chi connectivity index (χ4n) is 2.02. The maximum atomic E-state index is 13.3. The number of nitrogens with one attached hydrogen (secondary N) is 1. The minimum absolute atomic E-state index is 0.0465. The van der Waals surface area contributed by atoms with Crippen LogP contribution in [0.4, 0.5) is 10.1 Å². The van der Waals surface area contributed by atoms with Crippen LogP contribution in [-0.2, 0) is 4.79 Å². The van der Waals surface area contributed by atoms with Gasteiger partial charge in [0.1, 0.15) is 11.9 Å². The predicted octanol–water partition coefficient (Wildman–Crippen LogP) is 5.78. The number of hydrogen-bond acceptors (Lipinski definition) is 4. The van der Waals surface area contributed by atoms with Gasteiger partial charge in [-0.3, -0.25) is 4.79 Å². The Kier molecular flexibility index (Phi) is 6.49. The van der Waals surface area contributed by atoms with E-state index in [2.05, 4.69) is 5.32 Å². The third kappa shape index (κ3) is 4.76. The van der Waals surface area contributed by atoms with Crippen LogP contribution in [-0.4, -0.2) is 5.97 Å². The van der Waals surface area contributed by atoms with Gasteiger partial charge >= 0.3 is 5.97 Å². The van der Waals surface area contributed by atoms with Gasteiger partial charge in [0.25, 0.3) is 0 Å². The topological polar surface area (TPSA) is 62.1 Å². The fraction of sp³-hybridized carbons (Fsp3) is 0.176. The summed E-state index contributed by atoms with van der Waals surface area (Å²) >= 11 is 17.9. The number of anilines is 1. The Morgan fingerprint density at radius 3 is 2.60 bits per heavy atom. The van der Waals surface area contributed by atoms with Crippen LogP contribution >= 0.6 is 34.8 Å². The average Bonchev–Trinajstić information content (AvgIpc) is 2.57. The van der Waals surface area contributed by atoms with Crippen molar-refractivity contribution in [2.45, 2.75) is 19.4 Å². The number of hydrogen-bond donors (Lipinski definition) is 1. The first-order valence-corrected chi connectivity index (χ1v) is 8.30. The third-order valence-electron chi connectivity index (χ3n) is 3.21. The fourth-order valence-corrected chi connectivity index (χ4v) is 2.75. The Bertz CT molecular complexity index is 853. The van der Waals surface area contributed by atoms with E-state index in [-0.39, 0.29) is 32.8 Å². The Morgan fingerprint density at radius 2 is 2.00 bits per heavy atom. The molecule has 0 aliphatic heterocycles. The number of nitriles is 1. The molecule has 4 nitrogen and oxygen atoms in total. The van der Waals surface area contributed by atoms with E-state index in [0.29, 0.717) is 5.69 Å². The van der Waals surface area contributed by atoms with E-state index in [1.807, 2.05) is 6.07 Å². The van der Waals surface area contributed by atoms with Crippen molar-refractivity contribution in [2.24, 2.45) is 0 Å². The number of carbonyl (C=O) groups is 1. The Balaban J connectivity index is 2.43. The highest BCUT2D eigenvalue weighted by Crippen LogP contribution is 2.37. The van der Waals surface area contributed by atoms with E-state index >= 15 is 0 Å². The van der Waals surface area contributed by atoms with Crippen molar-refractivity contribution in [3.63, 3.8) is 0 Å². The number of nitrogens with zero attached hydrogens (tertiary/aromatic N) is 1. The van der Waals surface area contributed by atoms with Crippen molar-refractivity contribution < 1.29 is 13.9 Å². The number of benzene rings is 2. The summed E-state index contributed by atoms with van der Waals surface area (Å²) in [7, 11) is 0. The van der Waals surface area contributed by atoms with E-state index in [0.717, 1.165) is 0 Å². The molecule has 0 spiro atoms. The molecule has 0 bridgehead atoms. The molecule has 130 valence electrons. The second kappa shape index (κ2) is 8.39. The standard InChI is InChI=1S/C17H12Cl3FN2O2/c1-2-16(24)25-17-11(5-9(18)6-13(17)20)15(8-22)23-10-3-4-14(21)12(19)7-10/h3-7,15,23H,2H2,1H3. The molecule has 25 heavy (non-hydrogen) atoms. The molecule has 0 saturated carbocycles. The predicted molar refractivity (Wildman–Crippen MR) is 95.8 cm³/mol. The monoisotopic (exact) mass is 400 g/mol. The third-order valence-corrected chi connectivity index (χ3v) is 4.00. The van der Waals surface area contributed by atoms with Crippen LogP contribution in [0.2, 0.25) is 15.1 Å². The van der Waals surface area contributed by atoms with Crippen LogP contribution in [0.15, 0.2) is 30.3 Å². The van der Waals surface area contributed by atoms with Crippen molar-refractivity contribution >= 4 is 46.5 Å². The second-order valence-corrected chi connectivity index (χ2v) is 6.22. The van der Waals surface area contributed by atoms with Gasteiger partial charge in [0.05, 0.1) is 16.1 Å². The zero-order valence-electron chi connectivity index (χ0n) is 12.9. The number of esters is 1. The minimum Gasteiger partial charge on any atom is -0.425 e. The van der Waals surface area contributed by atoms with Gasteiger partial charge in [-0.25, -0.2) is 4.39 Å². The summed E-state index contributed by atoms with van der Waals surface area (Å²) in [4.78, 5) is 11.6. The molecule has 0 aliphatic rings. The molecular weight excluding hydrogens is 390 g/mol. The van der Waals surface area contributed by atoms with Crippen LogP contribution in [0, 0.1) is 17.1 Å². The van der Waals surface area contributed by atoms with Crippen molar-refractivity contribution in [3.05, 3.63) is 56.8 Å². The van der Waals surface area contributed by atoms with Crippen molar-refractivity contribution in [1.29, 1.82) is 5.26 Å². The van der Waals surface area contributed by atoms with Gasteiger partial charge in [0, 0.05) is 22.7 Å². The lowest BCUT2D eigenvalue weighted by molar-refractivity contribution is -0.134. The molecule has 0 saturated heterocycles. The highest BCUT2D eigenvalue weighted by molar-refractivity contribution is 6.35. The molecule has 2 rings (SSSR count). The van der Waals surface area contributed by atoms with Crippen molar-refractivity contribution in [3.8, 4) is 11.8 Å². The van der Waals surface area contributed by atoms with Gasteiger partial charge in [-0.15, -0.1) is 0 Å². The normalized spacial score (nSPS) is 11.5. The molecule has 0 fully saturated rings. The zero-order chi connectivity index (χ0) is 18.6. The van der Waals surface area contributed by atoms with E-state index in [1.54, 1.807) is 6.92 Å². The summed E-state index contributed by atoms with van der Waals surface area (Å²) < 4.78 is 18.5. The Hall–Kier alpha value is -2.00. The maximum Gasteiger partial charge on any atom is 0.310 e. The first-order chi connectivity index (χ1) is 11.8. The van der Waals surface area contributed by atoms with Gasteiger partial charge in [-0.05, 0) is 30.3 Å². The van der Waals surface area contributed by atoms with E-state index < -0.39 is 17.8 Å². The number of carbonyl (C=O) groups excluding carboxylic acids is 1. The molecule has 1 atom stereocenters. The quantitative estimate of drug-likeness (QED) is 0.509. The van der Waals surface area contributed by atoms with Crippen LogP contribution in [0.5, 0.6) is 5.75 Å². The molecular formula is C17H12Cl3FN2O2. The lowest BCUT2D eigenvalue weighted by Crippen LogP contribution is -2.14. The molecule has 0 amide bonds. The molecule has 2 aromatic carbocycles. The summed E-state index contributed by atoms with van der Waals surface area (Å²) in [6.07, 6.45) is 0.136. The van der Waals surface area contributed by atoms with E-state index in [4.69, 9.17) is 39.5 Å². The van der Waals surface area contributed by atoms with Gasteiger partial charge in [0.15, 0.2) is 5.75 Å². The van der Waals surface area contributed by atoms with Crippen molar-refractivity contribution in [1.82, 2.24) is 0 Å². The van der Waals surface area contributed by atoms with Gasteiger partial charge < -0.3 is 10.1 Å². The molecule has 1 N–H and O–H groups in total. The number of rotatable bonds is 5. The van der Waals surface area contributed by atoms with Crippen LogP contribution in [0.1, 0.15) is 24.9 Å². The summed E-state index contributed by atoms with van der Waals surface area (Å²) in [6, 6.07) is 7.88. The molecule has 8 heteroatoms. The SMILES string of the molecule is CCC(=O)Oc1c(Cl)cc(Cl)cc1C(C#N)Nc1ccc(F)c(Cl)c1. The highest BCUT2D eigenvalue weighted by Gasteiger charge is 2.22. The van der Waals surface area contributed by atoms with Crippen LogP contribution in [0.3, 0.4) is 0 Å². The van der Waals surface area contributed by atoms with Gasteiger partial charge in [-0.1, -0.05) is 41.7 Å². The molecule has 2 aromatic rings. The molecule has 0 radical (unpaired) electrons. The maximum absolute atomic E-state index is 13.3. The molecule has 0 aliphatic carbocycles. The Labute approximate surface area is 159 Å². The van der Waals surface area contributed by atoms with E-state index in [9.17, 15) is 14.4 Å². The summed E-state index contributed by atoms with van der Waals surface area (Å²) in [5.41, 5.74) is 0.684. The van der Waals surface area contributed by atoms with Crippen molar-refractivity contribution in [2.75, 3.05) is 5.32 Å². The first-order valence-electron chi connectivity index (χ1n) is 7.16. The number of ether oxygens (including phenoxy) is 1. The molecule has 0 aromatic heterocycles. The average molecular weight is 402 g/mol. The molecule has 1 unspecified atom stereocenters. The minimum atomic E-state index is -0.961. The Morgan fingerprint density at radius 1 is 1.28 bits per heavy atom. The summed E-state index contributed by atoms with van der Waals surface area (Å²) in [5, 5.41) is 12.7. The van der Waals surface area contributed by atoms with Gasteiger partial charge in [-0.2, -0.15) is 5.26 Å². The van der Waals surface area contributed by atoms with E-state index in [1.165, 1.54) is 30.3 Å². The molecule has 0 heterocycles. The highest BCUT2D eigenvalue weighted by atomic mass is 35.5. The smallest absolute Gasteiger partial charge is 0.310 e. The lowest BCUT2D eigenvalue weighted by Gasteiger charge is -2.18. The zero-order valence-corrected chi connectivity index (χ0v) is 15.2. The first kappa shape index (κ1) is 19.3. The largest absolute Gasteiger partial charge is 0.425 e.